The molecule has 0 spiro atoms. The summed E-state index contributed by atoms with van der Waals surface area (Å²) in [6.45, 7) is 0. The van der Waals surface area contributed by atoms with Crippen LogP contribution < -0.4 is 0 Å². The van der Waals surface area contributed by atoms with E-state index < -0.39 is 11.9 Å². The van der Waals surface area contributed by atoms with Crippen molar-refractivity contribution in [2.24, 2.45) is 0 Å². The second-order valence-corrected chi connectivity index (χ2v) is 3.80. The molecule has 17 heavy (non-hydrogen) atoms. The van der Waals surface area contributed by atoms with Gasteiger partial charge in [-0.3, -0.25) is 0 Å². The molecule has 0 amide bonds. The summed E-state index contributed by atoms with van der Waals surface area (Å²) >= 11 is 0. The van der Waals surface area contributed by atoms with E-state index in [1.54, 1.807) is 12.1 Å². The predicted molar refractivity (Wildman–Crippen MR) is 61.6 cm³/mol. The first-order valence-corrected chi connectivity index (χ1v) is 5.22. The zero-order chi connectivity index (χ0) is 11.8. The molecule has 3 rings (SSSR count). The summed E-state index contributed by atoms with van der Waals surface area (Å²) < 4.78 is 4.54. The Morgan fingerprint density at radius 2 is 1.41 bits per heavy atom. The van der Waals surface area contributed by atoms with Gasteiger partial charge >= 0.3 is 11.9 Å². The monoisotopic (exact) mass is 225 g/mol. The molecule has 0 bridgehead atoms. The first-order chi connectivity index (χ1) is 8.25. The molecule has 0 fully saturated rings. The Bertz CT molecular complexity index is 615. The highest BCUT2D eigenvalue weighted by atomic mass is 16.7. The van der Waals surface area contributed by atoms with Crippen molar-refractivity contribution in [2.45, 2.75) is 0 Å². The molecule has 0 aromatic heterocycles. The topological polar surface area (TPSA) is 43.4 Å². The van der Waals surface area contributed by atoms with Crippen molar-refractivity contribution in [2.75, 3.05) is 0 Å². The van der Waals surface area contributed by atoms with Gasteiger partial charge in [-0.25, -0.2) is 9.59 Å². The fraction of sp³-hybridized carbons (Fsp3) is 0. The molecule has 82 valence electrons. The third kappa shape index (κ3) is 1.52. The van der Waals surface area contributed by atoms with Gasteiger partial charge in [0.25, 0.3) is 0 Å². The lowest BCUT2D eigenvalue weighted by molar-refractivity contribution is 0.0444. The minimum absolute atomic E-state index is 0.342. The molecule has 0 saturated carbocycles. The smallest absolute Gasteiger partial charge is 0.346 e. The number of fused-ring (bicyclic) bond motifs is 1. The quantitative estimate of drug-likeness (QED) is 0.425. The Kier molecular flexibility index (Phi) is 2.05. The van der Waals surface area contributed by atoms with Crippen molar-refractivity contribution >= 4 is 11.9 Å². The third-order valence-electron chi connectivity index (χ3n) is 2.75. The van der Waals surface area contributed by atoms with E-state index in [1.165, 1.54) is 0 Å². The number of cyclic esters (lactones) is 2. The van der Waals surface area contributed by atoms with Crippen molar-refractivity contribution in [3.63, 3.8) is 0 Å². The summed E-state index contributed by atoms with van der Waals surface area (Å²) in [5.41, 5.74) is 2.59. The zero-order valence-electron chi connectivity index (χ0n) is 8.84. The molecule has 1 aliphatic rings. The maximum absolute atomic E-state index is 11.4. The summed E-state index contributed by atoms with van der Waals surface area (Å²) in [7, 11) is 0. The highest BCUT2D eigenvalue weighted by Crippen LogP contribution is 2.26. The second kappa shape index (κ2) is 3.56. The van der Waals surface area contributed by atoms with Gasteiger partial charge in [-0.15, -0.1) is 0 Å². The van der Waals surface area contributed by atoms with E-state index in [1.807, 2.05) is 36.4 Å². The molecular weight excluding hydrogens is 217 g/mol. The normalized spacial score (nSPS) is 13.4. The molecule has 0 atom stereocenters. The predicted octanol–water partition coefficient (Wildman–Crippen LogP) is 2.66. The van der Waals surface area contributed by atoms with Crippen LogP contribution in [0, 0.1) is 0 Å². The molecule has 0 saturated heterocycles. The van der Waals surface area contributed by atoms with Crippen LogP contribution in [-0.2, 0) is 4.74 Å². The molecule has 1 heterocycles. The van der Waals surface area contributed by atoms with E-state index >= 15 is 0 Å². The second-order valence-electron chi connectivity index (χ2n) is 3.80. The summed E-state index contributed by atoms with van der Waals surface area (Å²) in [5, 5.41) is 0. The average molecular weight is 225 g/mol. The van der Waals surface area contributed by atoms with E-state index in [0.717, 1.165) is 11.1 Å². The number of carbonyl (C=O) groups is 2. The van der Waals surface area contributed by atoms with Crippen molar-refractivity contribution in [3.8, 4) is 11.1 Å². The molecule has 0 unspecified atom stereocenters. The lowest BCUT2D eigenvalue weighted by Gasteiger charge is -2.01. The summed E-state index contributed by atoms with van der Waals surface area (Å²) in [5.74, 6) is -1.13. The summed E-state index contributed by atoms with van der Waals surface area (Å²) in [6, 6.07) is 14.8. The van der Waals surface area contributed by atoms with Gasteiger partial charge in [-0.1, -0.05) is 36.4 Å². The lowest BCUT2D eigenvalue weighted by atomic mass is 10.0. The Balaban J connectivity index is 2.15. The Morgan fingerprint density at radius 3 is 2.18 bits per heavy atom. The minimum Gasteiger partial charge on any atom is -0.386 e. The van der Waals surface area contributed by atoms with E-state index in [2.05, 4.69) is 4.74 Å². The van der Waals surface area contributed by atoms with Crippen LogP contribution in [0.15, 0.2) is 48.5 Å². The van der Waals surface area contributed by atoms with Crippen molar-refractivity contribution in [1.82, 2.24) is 0 Å². The van der Waals surface area contributed by atoms with Gasteiger partial charge in [0, 0.05) is 0 Å². The molecule has 2 aromatic carbocycles. The van der Waals surface area contributed by atoms with Crippen molar-refractivity contribution in [1.29, 1.82) is 0 Å². The highest BCUT2D eigenvalue weighted by molar-refractivity contribution is 6.15. The zero-order valence-corrected chi connectivity index (χ0v) is 8.84. The van der Waals surface area contributed by atoms with Crippen molar-refractivity contribution in [3.05, 3.63) is 59.7 Å². The SMILES string of the molecule is O=C1O[13C](=O)c2cc(-c3ccccc3)ccc21. The van der Waals surface area contributed by atoms with Crippen LogP contribution in [0.5, 0.6) is 0 Å². The average Bonchev–Trinajstić information content (AvgIpc) is 2.66. The number of ether oxygens (including phenoxy) is 1. The van der Waals surface area contributed by atoms with Crippen molar-refractivity contribution < 1.29 is 14.3 Å². The number of esters is 2. The first kappa shape index (κ1) is 9.78. The maximum atomic E-state index is 11.4. The number of rotatable bonds is 1. The van der Waals surface area contributed by atoms with Crippen LogP contribution in [0.2, 0.25) is 0 Å². The van der Waals surface area contributed by atoms with Gasteiger partial charge in [0.2, 0.25) is 0 Å². The van der Waals surface area contributed by atoms with Gasteiger partial charge < -0.3 is 4.74 Å². The molecule has 3 heteroatoms. The van der Waals surface area contributed by atoms with E-state index in [4.69, 9.17) is 0 Å². The molecule has 3 nitrogen and oxygen atoms in total. The van der Waals surface area contributed by atoms with E-state index in [-0.39, 0.29) is 0 Å². The third-order valence-corrected chi connectivity index (χ3v) is 2.75. The first-order valence-electron chi connectivity index (χ1n) is 5.22. The maximum Gasteiger partial charge on any atom is 0.346 e. The number of carbonyl (C=O) groups excluding carboxylic acids is 2. The fourth-order valence-electron chi connectivity index (χ4n) is 1.90. The van der Waals surface area contributed by atoms with Gasteiger partial charge in [-0.05, 0) is 23.3 Å². The van der Waals surface area contributed by atoms with Crippen LogP contribution in [0.3, 0.4) is 0 Å². The minimum atomic E-state index is -0.567. The van der Waals surface area contributed by atoms with Gasteiger partial charge in [0.1, 0.15) is 0 Å². The molecule has 0 N–H and O–H groups in total. The van der Waals surface area contributed by atoms with Gasteiger partial charge in [-0.2, -0.15) is 0 Å². The Hall–Kier alpha value is -2.42. The molecule has 0 aliphatic carbocycles. The number of hydrogen-bond acceptors (Lipinski definition) is 3. The highest BCUT2D eigenvalue weighted by Gasteiger charge is 2.29. The Morgan fingerprint density at radius 1 is 0.706 bits per heavy atom. The molecular formula is C14H8O3. The van der Waals surface area contributed by atoms with Crippen LogP contribution in [0.4, 0.5) is 0 Å². The Labute approximate surface area is 97.6 Å². The lowest BCUT2D eigenvalue weighted by Crippen LogP contribution is -1.96. The van der Waals surface area contributed by atoms with E-state index in [0.29, 0.717) is 11.1 Å². The molecule has 0 radical (unpaired) electrons. The standard InChI is InChI=1S/C14H8O3/c15-13-11-7-6-10(8-12(11)14(16)17-13)9-4-2-1-3-5-9/h1-8H/i14+1. The summed E-state index contributed by atoms with van der Waals surface area (Å²) in [6.07, 6.45) is 0. The van der Waals surface area contributed by atoms with Crippen LogP contribution in [0.25, 0.3) is 11.1 Å². The van der Waals surface area contributed by atoms with Crippen LogP contribution in [-0.4, -0.2) is 11.9 Å². The number of hydrogen-bond donors (Lipinski definition) is 0. The van der Waals surface area contributed by atoms with Crippen LogP contribution in [0.1, 0.15) is 20.7 Å². The molecule has 1 aliphatic heterocycles. The largest absolute Gasteiger partial charge is 0.386 e. The molecule has 2 aromatic rings. The van der Waals surface area contributed by atoms with Gasteiger partial charge in [0.05, 0.1) is 11.1 Å². The van der Waals surface area contributed by atoms with E-state index in [9.17, 15) is 9.59 Å². The number of benzene rings is 2. The fourth-order valence-corrected chi connectivity index (χ4v) is 1.90. The van der Waals surface area contributed by atoms with Gasteiger partial charge in [0.15, 0.2) is 0 Å². The summed E-state index contributed by atoms with van der Waals surface area (Å²) in [4.78, 5) is 22.7. The van der Waals surface area contributed by atoms with Crippen LogP contribution >= 0.6 is 0 Å².